The van der Waals surface area contributed by atoms with Crippen LogP contribution < -0.4 is 9.47 Å². The predicted octanol–water partition coefficient (Wildman–Crippen LogP) is 4.70. The van der Waals surface area contributed by atoms with Gasteiger partial charge in [-0.2, -0.15) is 0 Å². The molecule has 0 aliphatic carbocycles. The number of hydrogen-bond donors (Lipinski definition) is 2. The Hall–Kier alpha value is -3.09. The molecule has 0 bridgehead atoms. The van der Waals surface area contributed by atoms with Gasteiger partial charge in [-0.1, -0.05) is 13.3 Å². The van der Waals surface area contributed by atoms with E-state index >= 15 is 4.39 Å². The van der Waals surface area contributed by atoms with Crippen LogP contribution in [0.25, 0.3) is 0 Å². The first-order chi connectivity index (χ1) is 14.9. The Bertz CT molecular complexity index is 990. The highest BCUT2D eigenvalue weighted by molar-refractivity contribution is 6.05. The van der Waals surface area contributed by atoms with Crippen LogP contribution in [0.4, 0.5) is 4.39 Å². The monoisotopic (exact) mass is 428 g/mol. The summed E-state index contributed by atoms with van der Waals surface area (Å²) in [6.45, 7) is 6.44. The second-order valence-electron chi connectivity index (χ2n) is 7.49. The van der Waals surface area contributed by atoms with Crippen molar-refractivity contribution in [1.82, 2.24) is 4.90 Å². The van der Waals surface area contributed by atoms with E-state index in [0.29, 0.717) is 29.9 Å². The van der Waals surface area contributed by atoms with Gasteiger partial charge in [-0.15, -0.1) is 0 Å². The second-order valence-corrected chi connectivity index (χ2v) is 7.49. The predicted molar refractivity (Wildman–Crippen MR) is 117 cm³/mol. The van der Waals surface area contributed by atoms with Gasteiger partial charge >= 0.3 is 0 Å². The summed E-state index contributed by atoms with van der Waals surface area (Å²) in [5.41, 5.74) is 1.95. The van der Waals surface area contributed by atoms with Gasteiger partial charge in [-0.3, -0.25) is 10.2 Å². The molecular formula is C24H29FN2O4. The molecule has 0 amide bonds. The van der Waals surface area contributed by atoms with E-state index in [1.807, 2.05) is 0 Å². The molecule has 0 saturated carbocycles. The van der Waals surface area contributed by atoms with Crippen molar-refractivity contribution < 1.29 is 23.8 Å². The molecule has 0 spiro atoms. The van der Waals surface area contributed by atoms with Gasteiger partial charge in [-0.05, 0) is 62.1 Å². The molecule has 2 aromatic rings. The number of ether oxygens (including phenoxy) is 2. The molecule has 1 aliphatic rings. The lowest BCUT2D eigenvalue weighted by atomic mass is 10.0. The Kier molecular flexibility index (Phi) is 7.15. The van der Waals surface area contributed by atoms with Crippen LogP contribution in [0.3, 0.4) is 0 Å². The van der Waals surface area contributed by atoms with E-state index < -0.39 is 5.82 Å². The summed E-state index contributed by atoms with van der Waals surface area (Å²) in [7, 11) is 0. The number of halogens is 1. The second kappa shape index (κ2) is 9.81. The number of nitrogens with one attached hydrogen (secondary N) is 1. The molecule has 1 aliphatic heterocycles. The van der Waals surface area contributed by atoms with Crippen molar-refractivity contribution >= 4 is 11.6 Å². The molecule has 7 heteroatoms. The van der Waals surface area contributed by atoms with Crippen molar-refractivity contribution in [3.63, 3.8) is 0 Å². The van der Waals surface area contributed by atoms with E-state index in [0.717, 1.165) is 18.4 Å². The minimum absolute atomic E-state index is 0.000118. The van der Waals surface area contributed by atoms with E-state index in [1.165, 1.54) is 6.07 Å². The number of phenols is 1. The third-order valence-corrected chi connectivity index (χ3v) is 5.31. The van der Waals surface area contributed by atoms with Crippen molar-refractivity contribution in [2.45, 2.75) is 46.6 Å². The largest absolute Gasteiger partial charge is 0.508 e. The molecule has 0 saturated heterocycles. The highest BCUT2D eigenvalue weighted by atomic mass is 19.1. The standard InChI is InChI=1S/C24H29FN2O4/c1-4-7-8-15-11-16(9-10-18(15)28)19(29)14-27-13-17-12-20(30-5-2)23(31-6-3)22(25)21(17)24(27)26/h9-12,26,28H,4-8,13-14H2,1-3H3. The van der Waals surface area contributed by atoms with Gasteiger partial charge in [0.1, 0.15) is 11.6 Å². The lowest BCUT2D eigenvalue weighted by Crippen LogP contribution is -2.30. The number of amidine groups is 1. The van der Waals surface area contributed by atoms with Crippen LogP contribution in [0.1, 0.15) is 60.7 Å². The Morgan fingerprint density at radius 2 is 1.94 bits per heavy atom. The lowest BCUT2D eigenvalue weighted by molar-refractivity contribution is 0.0962. The molecule has 0 radical (unpaired) electrons. The topological polar surface area (TPSA) is 82.9 Å². The van der Waals surface area contributed by atoms with Crippen LogP contribution >= 0.6 is 0 Å². The number of aromatic hydroxyl groups is 1. The van der Waals surface area contributed by atoms with Crippen LogP contribution in [-0.4, -0.2) is 41.4 Å². The highest BCUT2D eigenvalue weighted by Crippen LogP contribution is 2.39. The summed E-state index contributed by atoms with van der Waals surface area (Å²) in [5.74, 6) is -0.379. The SMILES string of the molecule is CCCCc1cc(C(=O)CN2Cc3cc(OCC)c(OCC)c(F)c3C2=N)ccc1O. The maximum Gasteiger partial charge on any atom is 0.197 e. The fourth-order valence-corrected chi connectivity index (χ4v) is 3.75. The summed E-state index contributed by atoms with van der Waals surface area (Å²) < 4.78 is 26.1. The number of rotatable bonds is 10. The molecule has 2 aromatic carbocycles. The molecule has 0 fully saturated rings. The Morgan fingerprint density at radius 3 is 2.61 bits per heavy atom. The summed E-state index contributed by atoms with van der Waals surface area (Å²) >= 11 is 0. The summed E-state index contributed by atoms with van der Waals surface area (Å²) in [6.07, 6.45) is 2.60. The number of nitrogens with zero attached hydrogens (tertiary/aromatic N) is 1. The molecule has 31 heavy (non-hydrogen) atoms. The fourth-order valence-electron chi connectivity index (χ4n) is 3.75. The number of Topliss-reactive ketones (excluding diaryl/α,β-unsaturated/α-hetero) is 1. The zero-order valence-electron chi connectivity index (χ0n) is 18.3. The van der Waals surface area contributed by atoms with E-state index in [1.54, 1.807) is 36.9 Å². The number of benzene rings is 2. The van der Waals surface area contributed by atoms with Crippen molar-refractivity contribution in [3.05, 3.63) is 52.3 Å². The smallest absolute Gasteiger partial charge is 0.197 e. The number of carbonyl (C=O) groups is 1. The first kappa shape index (κ1) is 22.6. The van der Waals surface area contributed by atoms with Crippen molar-refractivity contribution in [2.75, 3.05) is 19.8 Å². The van der Waals surface area contributed by atoms with Crippen LogP contribution in [0, 0.1) is 11.2 Å². The lowest BCUT2D eigenvalue weighted by Gasteiger charge is -2.17. The molecule has 166 valence electrons. The quantitative estimate of drug-likeness (QED) is 0.536. The molecule has 6 nitrogen and oxygen atoms in total. The summed E-state index contributed by atoms with van der Waals surface area (Å²) in [6, 6.07) is 6.52. The van der Waals surface area contributed by atoms with Crippen molar-refractivity contribution in [2.24, 2.45) is 0 Å². The number of unbranched alkanes of at least 4 members (excludes halogenated alkanes) is 1. The number of phenolic OH excluding ortho intramolecular Hbond substituents is 1. The van der Waals surface area contributed by atoms with Gasteiger partial charge in [0.15, 0.2) is 23.1 Å². The zero-order chi connectivity index (χ0) is 22.5. The van der Waals surface area contributed by atoms with E-state index in [-0.39, 0.29) is 48.4 Å². The Morgan fingerprint density at radius 1 is 1.19 bits per heavy atom. The van der Waals surface area contributed by atoms with Crippen LogP contribution in [-0.2, 0) is 13.0 Å². The Labute approximate surface area is 182 Å². The van der Waals surface area contributed by atoms with Crippen molar-refractivity contribution in [3.8, 4) is 17.2 Å². The molecule has 2 N–H and O–H groups in total. The average molecular weight is 429 g/mol. The average Bonchev–Trinajstić information content (AvgIpc) is 3.05. The van der Waals surface area contributed by atoms with E-state index in [4.69, 9.17) is 14.9 Å². The third kappa shape index (κ3) is 4.65. The van der Waals surface area contributed by atoms with Gasteiger partial charge in [0.2, 0.25) is 0 Å². The first-order valence-electron chi connectivity index (χ1n) is 10.7. The van der Waals surface area contributed by atoms with Gasteiger partial charge < -0.3 is 19.5 Å². The maximum atomic E-state index is 15.2. The van der Waals surface area contributed by atoms with Crippen LogP contribution in [0.5, 0.6) is 17.2 Å². The molecule has 0 atom stereocenters. The van der Waals surface area contributed by atoms with Crippen molar-refractivity contribution in [1.29, 1.82) is 5.41 Å². The number of carbonyl (C=O) groups excluding carboxylic acids is 1. The van der Waals surface area contributed by atoms with Gasteiger partial charge in [0.25, 0.3) is 0 Å². The first-order valence-corrected chi connectivity index (χ1v) is 10.7. The number of hydrogen-bond acceptors (Lipinski definition) is 5. The maximum absolute atomic E-state index is 15.2. The summed E-state index contributed by atoms with van der Waals surface area (Å²) in [4.78, 5) is 14.4. The van der Waals surface area contributed by atoms with E-state index in [9.17, 15) is 9.90 Å². The minimum Gasteiger partial charge on any atom is -0.508 e. The fraction of sp³-hybridized carbons (Fsp3) is 0.417. The molecule has 0 unspecified atom stereocenters. The number of aryl methyl sites for hydroxylation is 1. The molecule has 3 rings (SSSR count). The zero-order valence-corrected chi connectivity index (χ0v) is 18.3. The number of ketones is 1. The number of fused-ring (bicyclic) bond motifs is 1. The molecular weight excluding hydrogens is 399 g/mol. The Balaban J connectivity index is 1.83. The minimum atomic E-state index is -0.630. The third-order valence-electron chi connectivity index (χ3n) is 5.31. The van der Waals surface area contributed by atoms with Gasteiger partial charge in [0.05, 0.1) is 25.3 Å². The van der Waals surface area contributed by atoms with Gasteiger partial charge in [-0.25, -0.2) is 4.39 Å². The normalized spacial score (nSPS) is 12.8. The highest BCUT2D eigenvalue weighted by Gasteiger charge is 2.33. The molecule has 1 heterocycles. The van der Waals surface area contributed by atoms with Crippen LogP contribution in [0.2, 0.25) is 0 Å². The van der Waals surface area contributed by atoms with Crippen LogP contribution in [0.15, 0.2) is 24.3 Å². The molecule has 0 aromatic heterocycles. The van der Waals surface area contributed by atoms with Gasteiger partial charge in [0, 0.05) is 12.1 Å². The summed E-state index contributed by atoms with van der Waals surface area (Å²) in [5, 5.41) is 18.5. The van der Waals surface area contributed by atoms with E-state index in [2.05, 4.69) is 6.92 Å².